The van der Waals surface area contributed by atoms with Gasteiger partial charge < -0.3 is 15.8 Å². The molecule has 3 N–H and O–H groups in total. The number of hydrogen-bond acceptors (Lipinski definition) is 3. The van der Waals surface area contributed by atoms with Crippen molar-refractivity contribution in [2.75, 3.05) is 39.9 Å². The first kappa shape index (κ1) is 16.9. The van der Waals surface area contributed by atoms with E-state index in [9.17, 15) is 0 Å². The Labute approximate surface area is 121 Å². The van der Waals surface area contributed by atoms with Gasteiger partial charge in [-0.2, -0.15) is 0 Å². The molecule has 1 saturated heterocycles. The SMILES string of the molecule is CN=C(N)NCC(C(C)C)N1CCOCC1.I. The Morgan fingerprint density at radius 2 is 2.00 bits per heavy atom. The lowest BCUT2D eigenvalue weighted by Gasteiger charge is -2.37. The predicted molar refractivity (Wildman–Crippen MR) is 82.0 cm³/mol. The molecular formula is C11H25IN4O. The number of nitrogens with zero attached hydrogens (tertiary/aromatic N) is 2. The topological polar surface area (TPSA) is 62.9 Å². The second-order valence-electron chi connectivity index (χ2n) is 4.45. The van der Waals surface area contributed by atoms with Crippen LogP contribution in [0, 0.1) is 5.92 Å². The van der Waals surface area contributed by atoms with Gasteiger partial charge in [-0.05, 0) is 5.92 Å². The highest BCUT2D eigenvalue weighted by atomic mass is 127. The zero-order chi connectivity index (χ0) is 12.0. The average Bonchev–Trinajstić information content (AvgIpc) is 2.30. The molecule has 1 rings (SSSR count). The van der Waals surface area contributed by atoms with E-state index in [0.717, 1.165) is 32.8 Å². The lowest BCUT2D eigenvalue weighted by atomic mass is 10.0. The Morgan fingerprint density at radius 1 is 1.41 bits per heavy atom. The molecule has 0 amide bonds. The molecule has 1 unspecified atom stereocenters. The summed E-state index contributed by atoms with van der Waals surface area (Å²) in [5.41, 5.74) is 5.65. The molecule has 17 heavy (non-hydrogen) atoms. The molecule has 0 spiro atoms. The van der Waals surface area contributed by atoms with Gasteiger partial charge >= 0.3 is 0 Å². The maximum Gasteiger partial charge on any atom is 0.188 e. The Hall–Kier alpha value is -0.0800. The van der Waals surface area contributed by atoms with Gasteiger partial charge in [-0.25, -0.2) is 0 Å². The maximum absolute atomic E-state index is 5.65. The fourth-order valence-electron chi connectivity index (χ4n) is 1.98. The van der Waals surface area contributed by atoms with Crippen LogP contribution in [0.4, 0.5) is 0 Å². The number of nitrogens with two attached hydrogens (primary N) is 1. The highest BCUT2D eigenvalue weighted by Crippen LogP contribution is 2.11. The Balaban J connectivity index is 0.00000256. The Bertz CT molecular complexity index is 230. The average molecular weight is 356 g/mol. The second kappa shape index (κ2) is 8.93. The minimum absolute atomic E-state index is 0. The van der Waals surface area contributed by atoms with Gasteiger partial charge in [0.25, 0.3) is 0 Å². The van der Waals surface area contributed by atoms with Crippen LogP contribution in [-0.2, 0) is 4.74 Å². The van der Waals surface area contributed by atoms with Crippen molar-refractivity contribution in [3.05, 3.63) is 0 Å². The minimum Gasteiger partial charge on any atom is -0.379 e. The number of ether oxygens (including phenoxy) is 1. The van der Waals surface area contributed by atoms with E-state index in [1.54, 1.807) is 7.05 Å². The first-order valence-corrected chi connectivity index (χ1v) is 5.93. The summed E-state index contributed by atoms with van der Waals surface area (Å²) in [6.07, 6.45) is 0. The lowest BCUT2D eigenvalue weighted by molar-refractivity contribution is 0.00755. The zero-order valence-electron chi connectivity index (χ0n) is 11.0. The van der Waals surface area contributed by atoms with E-state index in [2.05, 4.69) is 29.1 Å². The minimum atomic E-state index is 0. The number of halogens is 1. The number of morpholine rings is 1. The highest BCUT2D eigenvalue weighted by molar-refractivity contribution is 14.0. The molecule has 0 radical (unpaired) electrons. The molecule has 1 aliphatic rings. The molecule has 0 aliphatic carbocycles. The van der Waals surface area contributed by atoms with Gasteiger partial charge in [-0.3, -0.25) is 9.89 Å². The molecular weight excluding hydrogens is 331 g/mol. The summed E-state index contributed by atoms with van der Waals surface area (Å²) in [6.45, 7) is 9.01. The van der Waals surface area contributed by atoms with Crippen LogP contribution in [0.1, 0.15) is 13.8 Å². The van der Waals surface area contributed by atoms with Crippen LogP contribution < -0.4 is 11.1 Å². The van der Waals surface area contributed by atoms with E-state index in [1.807, 2.05) is 0 Å². The van der Waals surface area contributed by atoms with Crippen molar-refractivity contribution < 1.29 is 4.74 Å². The van der Waals surface area contributed by atoms with Crippen molar-refractivity contribution in [3.63, 3.8) is 0 Å². The predicted octanol–water partition coefficient (Wildman–Crippen LogP) is 0.495. The van der Waals surface area contributed by atoms with E-state index in [4.69, 9.17) is 10.5 Å². The number of nitrogens with one attached hydrogen (secondary N) is 1. The maximum atomic E-state index is 5.65. The van der Waals surface area contributed by atoms with Crippen LogP contribution in [0.5, 0.6) is 0 Å². The number of guanidine groups is 1. The molecule has 1 atom stereocenters. The molecule has 1 aliphatic heterocycles. The van der Waals surface area contributed by atoms with Crippen LogP contribution in [-0.4, -0.2) is 56.8 Å². The van der Waals surface area contributed by atoms with Gasteiger partial charge in [0.05, 0.1) is 13.2 Å². The fraction of sp³-hybridized carbons (Fsp3) is 0.909. The number of aliphatic imine (C=N–C) groups is 1. The van der Waals surface area contributed by atoms with E-state index >= 15 is 0 Å². The van der Waals surface area contributed by atoms with Crippen molar-refractivity contribution >= 4 is 29.9 Å². The molecule has 0 aromatic heterocycles. The second-order valence-corrected chi connectivity index (χ2v) is 4.45. The third-order valence-corrected chi connectivity index (χ3v) is 3.02. The Kier molecular flexibility index (Phi) is 8.89. The van der Waals surface area contributed by atoms with Gasteiger partial charge in [0.1, 0.15) is 0 Å². The van der Waals surface area contributed by atoms with Crippen LogP contribution in [0.3, 0.4) is 0 Å². The smallest absolute Gasteiger partial charge is 0.188 e. The first-order chi connectivity index (χ1) is 7.65. The summed E-state index contributed by atoms with van der Waals surface area (Å²) in [6, 6.07) is 0.490. The monoisotopic (exact) mass is 356 g/mol. The molecule has 0 saturated carbocycles. The van der Waals surface area contributed by atoms with Crippen LogP contribution in [0.15, 0.2) is 4.99 Å². The molecule has 0 bridgehead atoms. The zero-order valence-corrected chi connectivity index (χ0v) is 13.3. The first-order valence-electron chi connectivity index (χ1n) is 5.93. The van der Waals surface area contributed by atoms with E-state index < -0.39 is 0 Å². The molecule has 1 heterocycles. The van der Waals surface area contributed by atoms with Crippen molar-refractivity contribution in [2.45, 2.75) is 19.9 Å². The summed E-state index contributed by atoms with van der Waals surface area (Å²) in [4.78, 5) is 6.37. The van der Waals surface area contributed by atoms with Gasteiger partial charge in [-0.15, -0.1) is 24.0 Å². The lowest BCUT2D eigenvalue weighted by Crippen LogP contribution is -2.52. The molecule has 6 heteroatoms. The van der Waals surface area contributed by atoms with Crippen molar-refractivity contribution in [1.82, 2.24) is 10.2 Å². The summed E-state index contributed by atoms with van der Waals surface area (Å²) < 4.78 is 5.37. The van der Waals surface area contributed by atoms with E-state index in [0.29, 0.717) is 17.9 Å². The third kappa shape index (κ3) is 5.87. The standard InChI is InChI=1S/C11H24N4O.HI/c1-9(2)10(8-14-11(12)13-3)15-4-6-16-7-5-15;/h9-10H,4-8H2,1-3H3,(H3,12,13,14);1H. The molecule has 0 aromatic rings. The van der Waals surface area contributed by atoms with E-state index in [1.165, 1.54) is 0 Å². The quantitative estimate of drug-likeness (QED) is 0.437. The largest absolute Gasteiger partial charge is 0.379 e. The fourth-order valence-corrected chi connectivity index (χ4v) is 1.98. The summed E-state index contributed by atoms with van der Waals surface area (Å²) in [5.74, 6) is 1.11. The van der Waals surface area contributed by atoms with Crippen molar-refractivity contribution in [3.8, 4) is 0 Å². The third-order valence-electron chi connectivity index (χ3n) is 3.02. The van der Waals surface area contributed by atoms with Crippen LogP contribution >= 0.6 is 24.0 Å². The normalized spacial score (nSPS) is 19.9. The Morgan fingerprint density at radius 3 is 2.47 bits per heavy atom. The van der Waals surface area contributed by atoms with Gasteiger partial charge in [0, 0.05) is 32.7 Å². The van der Waals surface area contributed by atoms with Gasteiger partial charge in [0.15, 0.2) is 5.96 Å². The van der Waals surface area contributed by atoms with Gasteiger partial charge in [-0.1, -0.05) is 13.8 Å². The summed E-state index contributed by atoms with van der Waals surface area (Å²) >= 11 is 0. The van der Waals surface area contributed by atoms with Crippen molar-refractivity contribution in [1.29, 1.82) is 0 Å². The molecule has 5 nitrogen and oxygen atoms in total. The van der Waals surface area contributed by atoms with Crippen molar-refractivity contribution in [2.24, 2.45) is 16.6 Å². The highest BCUT2D eigenvalue weighted by Gasteiger charge is 2.23. The number of rotatable bonds is 4. The van der Waals surface area contributed by atoms with E-state index in [-0.39, 0.29) is 24.0 Å². The molecule has 1 fully saturated rings. The van der Waals surface area contributed by atoms with Crippen LogP contribution in [0.2, 0.25) is 0 Å². The molecule has 102 valence electrons. The summed E-state index contributed by atoms with van der Waals surface area (Å²) in [5, 5.41) is 3.16. The number of hydrogen-bond donors (Lipinski definition) is 2. The van der Waals surface area contributed by atoms with Gasteiger partial charge in [0.2, 0.25) is 0 Å². The summed E-state index contributed by atoms with van der Waals surface area (Å²) in [7, 11) is 1.70. The molecule has 0 aromatic carbocycles. The van der Waals surface area contributed by atoms with Crippen LogP contribution in [0.25, 0.3) is 0 Å².